The van der Waals surface area contributed by atoms with E-state index in [1.54, 1.807) is 0 Å². The van der Waals surface area contributed by atoms with Gasteiger partial charge >= 0.3 is 0 Å². The van der Waals surface area contributed by atoms with E-state index in [0.717, 1.165) is 12.1 Å². The van der Waals surface area contributed by atoms with Gasteiger partial charge in [0.1, 0.15) is 0 Å². The van der Waals surface area contributed by atoms with Crippen molar-refractivity contribution in [2.75, 3.05) is 19.6 Å². The number of nitrogens with one attached hydrogen (secondary N) is 1. The lowest BCUT2D eigenvalue weighted by Gasteiger charge is -2.35. The third kappa shape index (κ3) is 3.18. The van der Waals surface area contributed by atoms with E-state index in [1.807, 2.05) is 0 Å². The third-order valence-corrected chi connectivity index (χ3v) is 4.15. The van der Waals surface area contributed by atoms with E-state index in [9.17, 15) is 0 Å². The molecule has 0 aromatic heterocycles. The topological polar surface area (TPSA) is 15.3 Å². The Labute approximate surface area is 94.4 Å². The molecule has 2 nitrogen and oxygen atoms in total. The van der Waals surface area contributed by atoms with Crippen molar-refractivity contribution >= 4 is 0 Å². The van der Waals surface area contributed by atoms with Gasteiger partial charge in [-0.2, -0.15) is 0 Å². The first-order valence-electron chi connectivity index (χ1n) is 6.87. The lowest BCUT2D eigenvalue weighted by atomic mass is 9.99. The number of hydrogen-bond acceptors (Lipinski definition) is 2. The Bertz CT molecular complexity index is 175. The highest BCUT2D eigenvalue weighted by Gasteiger charge is 2.22. The molecule has 15 heavy (non-hydrogen) atoms. The van der Waals surface area contributed by atoms with Crippen LogP contribution in [0.25, 0.3) is 0 Å². The lowest BCUT2D eigenvalue weighted by molar-refractivity contribution is 0.138. The molecule has 2 aliphatic rings. The van der Waals surface area contributed by atoms with E-state index in [0.29, 0.717) is 0 Å². The quantitative estimate of drug-likeness (QED) is 0.766. The molecule has 0 amide bonds. The summed E-state index contributed by atoms with van der Waals surface area (Å²) in [6.07, 6.45) is 9.83. The minimum Gasteiger partial charge on any atom is -0.314 e. The second-order valence-electron chi connectivity index (χ2n) is 5.18. The number of hydrogen-bond donors (Lipinski definition) is 1. The zero-order valence-electron chi connectivity index (χ0n) is 10.2. The van der Waals surface area contributed by atoms with Gasteiger partial charge in [0.2, 0.25) is 0 Å². The first-order chi connectivity index (χ1) is 7.40. The van der Waals surface area contributed by atoms with Crippen LogP contribution in [0.4, 0.5) is 0 Å². The summed E-state index contributed by atoms with van der Waals surface area (Å²) in [4.78, 5) is 2.74. The molecule has 0 saturated carbocycles. The summed E-state index contributed by atoms with van der Waals surface area (Å²) >= 11 is 0. The van der Waals surface area contributed by atoms with Gasteiger partial charge in [-0.3, -0.25) is 0 Å². The van der Waals surface area contributed by atoms with E-state index >= 15 is 0 Å². The second kappa shape index (κ2) is 5.86. The summed E-state index contributed by atoms with van der Waals surface area (Å²) in [5.41, 5.74) is 0. The Morgan fingerprint density at radius 2 is 2.13 bits per heavy atom. The second-order valence-corrected chi connectivity index (χ2v) is 5.18. The summed E-state index contributed by atoms with van der Waals surface area (Å²) < 4.78 is 0. The first-order valence-corrected chi connectivity index (χ1v) is 6.87. The molecule has 2 heterocycles. The van der Waals surface area contributed by atoms with Crippen LogP contribution in [0, 0.1) is 0 Å². The van der Waals surface area contributed by atoms with Gasteiger partial charge in [-0.1, -0.05) is 13.3 Å². The number of likely N-dealkylation sites (tertiary alicyclic amines) is 1. The largest absolute Gasteiger partial charge is 0.314 e. The molecule has 0 spiro atoms. The number of rotatable bonds is 4. The Balaban J connectivity index is 1.71. The SMILES string of the molecule is CCC1CCCCN1CCC1CCCN1. The van der Waals surface area contributed by atoms with Gasteiger partial charge in [-0.05, 0) is 58.2 Å². The van der Waals surface area contributed by atoms with Crippen LogP contribution in [-0.4, -0.2) is 36.6 Å². The van der Waals surface area contributed by atoms with Crippen LogP contribution in [0.1, 0.15) is 51.9 Å². The van der Waals surface area contributed by atoms with Crippen LogP contribution in [0.15, 0.2) is 0 Å². The average molecular weight is 210 g/mol. The maximum Gasteiger partial charge on any atom is 0.00926 e. The Kier molecular flexibility index (Phi) is 4.45. The van der Waals surface area contributed by atoms with Crippen molar-refractivity contribution in [1.82, 2.24) is 10.2 Å². The summed E-state index contributed by atoms with van der Waals surface area (Å²) in [5.74, 6) is 0. The highest BCUT2D eigenvalue weighted by atomic mass is 15.2. The van der Waals surface area contributed by atoms with Gasteiger partial charge < -0.3 is 10.2 Å². The molecular weight excluding hydrogens is 184 g/mol. The molecule has 2 aliphatic heterocycles. The van der Waals surface area contributed by atoms with Gasteiger partial charge in [-0.25, -0.2) is 0 Å². The van der Waals surface area contributed by atoms with Gasteiger partial charge in [-0.15, -0.1) is 0 Å². The zero-order valence-corrected chi connectivity index (χ0v) is 10.2. The van der Waals surface area contributed by atoms with Crippen LogP contribution in [0.3, 0.4) is 0 Å². The lowest BCUT2D eigenvalue weighted by Crippen LogP contribution is -2.41. The molecule has 88 valence electrons. The molecule has 0 radical (unpaired) electrons. The van der Waals surface area contributed by atoms with Crippen LogP contribution < -0.4 is 5.32 Å². The number of piperidine rings is 1. The highest BCUT2D eigenvalue weighted by molar-refractivity contribution is 4.80. The molecule has 0 aliphatic carbocycles. The normalized spacial score (nSPS) is 33.4. The van der Waals surface area contributed by atoms with E-state index in [2.05, 4.69) is 17.1 Å². The maximum atomic E-state index is 3.60. The smallest absolute Gasteiger partial charge is 0.00926 e. The molecule has 2 unspecified atom stereocenters. The molecule has 2 fully saturated rings. The van der Waals surface area contributed by atoms with Crippen LogP contribution >= 0.6 is 0 Å². The van der Waals surface area contributed by atoms with Crippen molar-refractivity contribution in [3.8, 4) is 0 Å². The Morgan fingerprint density at radius 1 is 1.20 bits per heavy atom. The summed E-state index contributed by atoms with van der Waals surface area (Å²) in [6.45, 7) is 6.28. The molecule has 2 saturated heterocycles. The molecule has 0 aromatic rings. The number of nitrogens with zero attached hydrogens (tertiary/aromatic N) is 1. The van der Waals surface area contributed by atoms with Crippen molar-refractivity contribution in [3.63, 3.8) is 0 Å². The molecule has 2 atom stereocenters. The monoisotopic (exact) mass is 210 g/mol. The molecule has 0 aromatic carbocycles. The Morgan fingerprint density at radius 3 is 2.87 bits per heavy atom. The summed E-state index contributed by atoms with van der Waals surface area (Å²) in [7, 11) is 0. The minimum absolute atomic E-state index is 0.824. The molecule has 2 heteroatoms. The molecule has 2 rings (SSSR count). The zero-order chi connectivity index (χ0) is 10.5. The minimum atomic E-state index is 0.824. The fourth-order valence-electron chi connectivity index (χ4n) is 3.14. The Hall–Kier alpha value is -0.0800. The fourth-order valence-corrected chi connectivity index (χ4v) is 3.14. The fraction of sp³-hybridized carbons (Fsp3) is 1.00. The molecular formula is C13H26N2. The van der Waals surface area contributed by atoms with E-state index in [4.69, 9.17) is 0 Å². The predicted octanol–water partition coefficient (Wildman–Crippen LogP) is 2.39. The van der Waals surface area contributed by atoms with Crippen molar-refractivity contribution < 1.29 is 0 Å². The molecule has 1 N–H and O–H groups in total. The first kappa shape index (κ1) is 11.4. The van der Waals surface area contributed by atoms with Gasteiger partial charge in [0, 0.05) is 12.1 Å². The van der Waals surface area contributed by atoms with E-state index < -0.39 is 0 Å². The van der Waals surface area contributed by atoms with Crippen molar-refractivity contribution in [3.05, 3.63) is 0 Å². The highest BCUT2D eigenvalue weighted by Crippen LogP contribution is 2.20. The third-order valence-electron chi connectivity index (χ3n) is 4.15. The van der Waals surface area contributed by atoms with Gasteiger partial charge in [0.15, 0.2) is 0 Å². The van der Waals surface area contributed by atoms with Crippen molar-refractivity contribution in [2.45, 2.75) is 64.0 Å². The van der Waals surface area contributed by atoms with Crippen molar-refractivity contribution in [2.24, 2.45) is 0 Å². The van der Waals surface area contributed by atoms with Crippen LogP contribution in [-0.2, 0) is 0 Å². The van der Waals surface area contributed by atoms with Crippen molar-refractivity contribution in [1.29, 1.82) is 0 Å². The maximum absolute atomic E-state index is 3.60. The van der Waals surface area contributed by atoms with Crippen LogP contribution in [0.5, 0.6) is 0 Å². The van der Waals surface area contributed by atoms with Gasteiger partial charge in [0.25, 0.3) is 0 Å². The van der Waals surface area contributed by atoms with Crippen LogP contribution in [0.2, 0.25) is 0 Å². The summed E-state index contributed by atoms with van der Waals surface area (Å²) in [6, 6.07) is 1.71. The average Bonchev–Trinajstić information content (AvgIpc) is 2.79. The van der Waals surface area contributed by atoms with E-state index in [1.165, 1.54) is 64.6 Å². The molecule has 0 bridgehead atoms. The predicted molar refractivity (Wildman–Crippen MR) is 65.1 cm³/mol. The van der Waals surface area contributed by atoms with Gasteiger partial charge in [0.05, 0.1) is 0 Å². The van der Waals surface area contributed by atoms with E-state index in [-0.39, 0.29) is 0 Å². The standard InChI is InChI=1S/C13H26N2/c1-2-13-7-3-4-10-15(13)11-8-12-6-5-9-14-12/h12-14H,2-11H2,1H3. The summed E-state index contributed by atoms with van der Waals surface area (Å²) in [5, 5.41) is 3.60.